The first-order valence-electron chi connectivity index (χ1n) is 11.0. The van der Waals surface area contributed by atoms with E-state index in [0.29, 0.717) is 37.7 Å². The average Bonchev–Trinajstić information content (AvgIpc) is 3.60. The van der Waals surface area contributed by atoms with E-state index >= 15 is 0 Å². The van der Waals surface area contributed by atoms with Crippen LogP contribution < -0.4 is 14.9 Å². The number of aromatic carboxylic acids is 1. The van der Waals surface area contributed by atoms with Gasteiger partial charge in [-0.3, -0.25) is 9.36 Å². The van der Waals surface area contributed by atoms with Gasteiger partial charge >= 0.3 is 11.9 Å². The maximum absolute atomic E-state index is 13.6. The fourth-order valence-electron chi connectivity index (χ4n) is 4.03. The molecule has 1 aliphatic heterocycles. The Kier molecular flexibility index (Phi) is 6.29. The lowest BCUT2D eigenvalue weighted by Gasteiger charge is -2.23. The predicted octanol–water partition coefficient (Wildman–Crippen LogP) is 3.82. The minimum absolute atomic E-state index is 0.153. The second-order valence-electron chi connectivity index (χ2n) is 7.91. The van der Waals surface area contributed by atoms with Crippen molar-refractivity contribution in [3.63, 3.8) is 0 Å². The van der Waals surface area contributed by atoms with Crippen molar-refractivity contribution in [1.29, 1.82) is 0 Å². The Morgan fingerprint density at radius 1 is 1.22 bits per heavy atom. The molecular weight excluding hydrogens is 500 g/mol. The zero-order valence-corrected chi connectivity index (χ0v) is 20.9. The molecule has 0 saturated heterocycles. The highest BCUT2D eigenvalue weighted by atomic mass is 32.1. The third kappa shape index (κ3) is 4.25. The molecule has 0 amide bonds. The van der Waals surface area contributed by atoms with Crippen LogP contribution in [0.4, 0.5) is 0 Å². The number of carboxylic acid groups (broad SMARTS) is 1. The lowest BCUT2D eigenvalue weighted by Crippen LogP contribution is -2.39. The van der Waals surface area contributed by atoms with Crippen LogP contribution in [0.25, 0.3) is 17.4 Å². The van der Waals surface area contributed by atoms with Gasteiger partial charge in [0.1, 0.15) is 17.6 Å². The van der Waals surface area contributed by atoms with Gasteiger partial charge in [-0.2, -0.15) is 0 Å². The predicted molar refractivity (Wildman–Crippen MR) is 136 cm³/mol. The molecule has 0 aliphatic carbocycles. The number of nitrogens with zero attached hydrogens (tertiary/aromatic N) is 2. The summed E-state index contributed by atoms with van der Waals surface area (Å²) in [5.41, 5.74) is 1.33. The van der Waals surface area contributed by atoms with Crippen molar-refractivity contribution in [3.05, 3.63) is 101 Å². The van der Waals surface area contributed by atoms with Crippen molar-refractivity contribution < 1.29 is 23.8 Å². The lowest BCUT2D eigenvalue weighted by atomic mass is 10.0. The fraction of sp³-hybridized carbons (Fsp3) is 0.154. The first-order valence-corrected chi connectivity index (χ1v) is 12.7. The molecule has 1 aliphatic rings. The van der Waals surface area contributed by atoms with E-state index in [1.807, 2.05) is 17.5 Å². The van der Waals surface area contributed by atoms with E-state index in [-0.39, 0.29) is 17.7 Å². The zero-order valence-electron chi connectivity index (χ0n) is 19.3. The SMILES string of the molecule is CCOC(=O)C1=C(C)N=c2sc(=Cc3ccc(-c4cccc(C(=O)O)c4)o3)c(=O)n2C1c1cccs1. The summed E-state index contributed by atoms with van der Waals surface area (Å²) < 4.78 is 13.1. The van der Waals surface area contributed by atoms with Crippen LogP contribution >= 0.6 is 22.7 Å². The van der Waals surface area contributed by atoms with Gasteiger partial charge in [0.05, 0.1) is 28.0 Å². The second kappa shape index (κ2) is 9.56. The number of ether oxygens (including phenoxy) is 1. The average molecular weight is 521 g/mol. The monoisotopic (exact) mass is 520 g/mol. The van der Waals surface area contributed by atoms with Gasteiger partial charge in [0.2, 0.25) is 0 Å². The van der Waals surface area contributed by atoms with E-state index < -0.39 is 18.0 Å². The summed E-state index contributed by atoms with van der Waals surface area (Å²) >= 11 is 2.66. The van der Waals surface area contributed by atoms with Crippen LogP contribution in [0.1, 0.15) is 40.9 Å². The van der Waals surface area contributed by atoms with Gasteiger partial charge in [-0.15, -0.1) is 11.3 Å². The van der Waals surface area contributed by atoms with Crippen LogP contribution in [0.5, 0.6) is 0 Å². The molecule has 0 fully saturated rings. The largest absolute Gasteiger partial charge is 0.478 e. The number of benzene rings is 1. The molecule has 1 unspecified atom stereocenters. The molecular formula is C26H20N2O6S2. The highest BCUT2D eigenvalue weighted by Crippen LogP contribution is 2.33. The van der Waals surface area contributed by atoms with Crippen molar-refractivity contribution in [2.75, 3.05) is 6.61 Å². The number of allylic oxidation sites excluding steroid dienone is 1. The topological polar surface area (TPSA) is 111 Å². The Balaban J connectivity index is 1.60. The van der Waals surface area contributed by atoms with E-state index in [4.69, 9.17) is 9.15 Å². The fourth-order valence-corrected chi connectivity index (χ4v) is 5.88. The summed E-state index contributed by atoms with van der Waals surface area (Å²) in [6.07, 6.45) is 1.63. The molecule has 36 heavy (non-hydrogen) atoms. The third-order valence-corrected chi connectivity index (χ3v) is 7.53. The van der Waals surface area contributed by atoms with Crippen LogP contribution in [-0.2, 0) is 9.53 Å². The molecule has 1 N–H and O–H groups in total. The summed E-state index contributed by atoms with van der Waals surface area (Å²) in [5.74, 6) is -0.604. The number of thiazole rings is 1. The first-order chi connectivity index (χ1) is 17.4. The van der Waals surface area contributed by atoms with Crippen molar-refractivity contribution in [2.24, 2.45) is 4.99 Å². The van der Waals surface area contributed by atoms with Crippen molar-refractivity contribution in [3.8, 4) is 11.3 Å². The van der Waals surface area contributed by atoms with Crippen molar-refractivity contribution in [2.45, 2.75) is 19.9 Å². The Hall–Kier alpha value is -4.02. The Morgan fingerprint density at radius 3 is 2.78 bits per heavy atom. The number of carbonyl (C=O) groups excluding carboxylic acids is 1. The normalized spacial score (nSPS) is 15.5. The van der Waals surface area contributed by atoms with Crippen molar-refractivity contribution in [1.82, 2.24) is 4.57 Å². The van der Waals surface area contributed by atoms with Crippen LogP contribution in [0, 0.1) is 0 Å². The number of rotatable bonds is 6. The molecule has 5 rings (SSSR count). The molecule has 10 heteroatoms. The van der Waals surface area contributed by atoms with Gasteiger partial charge in [-0.05, 0) is 49.6 Å². The number of hydrogen-bond acceptors (Lipinski definition) is 8. The molecule has 8 nitrogen and oxygen atoms in total. The molecule has 182 valence electrons. The second-order valence-corrected chi connectivity index (χ2v) is 9.89. The molecule has 0 saturated carbocycles. The third-order valence-electron chi connectivity index (χ3n) is 5.62. The van der Waals surface area contributed by atoms with Gasteiger partial charge in [0.15, 0.2) is 4.80 Å². The van der Waals surface area contributed by atoms with E-state index in [2.05, 4.69) is 4.99 Å². The highest BCUT2D eigenvalue weighted by Gasteiger charge is 2.33. The molecule has 0 spiro atoms. The minimum Gasteiger partial charge on any atom is -0.478 e. The maximum atomic E-state index is 13.6. The number of hydrogen-bond donors (Lipinski definition) is 1. The maximum Gasteiger partial charge on any atom is 0.338 e. The van der Waals surface area contributed by atoms with Gasteiger partial charge in [-0.25, -0.2) is 14.6 Å². The van der Waals surface area contributed by atoms with Gasteiger partial charge in [-0.1, -0.05) is 29.5 Å². The molecule has 1 aromatic carbocycles. The molecule has 3 aromatic heterocycles. The molecule has 4 aromatic rings. The summed E-state index contributed by atoms with van der Waals surface area (Å²) in [4.78, 5) is 43.5. The Morgan fingerprint density at radius 2 is 2.06 bits per heavy atom. The van der Waals surface area contributed by atoms with Crippen LogP contribution in [-0.4, -0.2) is 28.2 Å². The van der Waals surface area contributed by atoms with E-state index in [1.165, 1.54) is 39.4 Å². The molecule has 0 bridgehead atoms. The summed E-state index contributed by atoms with van der Waals surface area (Å²) in [5, 5.41) is 11.1. The zero-order chi connectivity index (χ0) is 25.4. The smallest absolute Gasteiger partial charge is 0.338 e. The summed E-state index contributed by atoms with van der Waals surface area (Å²) in [6, 6.07) is 13.0. The van der Waals surface area contributed by atoms with Crippen LogP contribution in [0.2, 0.25) is 0 Å². The Labute approximate surface area is 212 Å². The summed E-state index contributed by atoms with van der Waals surface area (Å²) in [7, 11) is 0. The molecule has 1 atom stereocenters. The standard InChI is InChI=1S/C26H20N2O6S2/c1-3-33-25(32)21-14(2)27-26-28(22(21)19-8-5-11-35-19)23(29)20(36-26)13-17-9-10-18(34-17)15-6-4-7-16(12-15)24(30)31/h4-13,22H,3H2,1-2H3,(H,30,31). The van der Waals surface area contributed by atoms with Crippen molar-refractivity contribution >= 4 is 40.7 Å². The number of thiophene rings is 1. The van der Waals surface area contributed by atoms with E-state index in [0.717, 1.165) is 4.88 Å². The van der Waals surface area contributed by atoms with E-state index in [1.54, 1.807) is 44.2 Å². The molecule has 4 heterocycles. The van der Waals surface area contributed by atoms with Crippen LogP contribution in [0.3, 0.4) is 0 Å². The lowest BCUT2D eigenvalue weighted by molar-refractivity contribution is -0.139. The number of furan rings is 1. The molecule has 0 radical (unpaired) electrons. The van der Waals surface area contributed by atoms with Gasteiger partial charge in [0, 0.05) is 16.5 Å². The van der Waals surface area contributed by atoms with Gasteiger partial charge < -0.3 is 14.3 Å². The van der Waals surface area contributed by atoms with E-state index in [9.17, 15) is 19.5 Å². The van der Waals surface area contributed by atoms with Gasteiger partial charge in [0.25, 0.3) is 5.56 Å². The quantitative estimate of drug-likeness (QED) is 0.387. The first kappa shape index (κ1) is 23.7. The number of fused-ring (bicyclic) bond motifs is 1. The highest BCUT2D eigenvalue weighted by molar-refractivity contribution is 7.10. The number of carboxylic acids is 1. The minimum atomic E-state index is -1.03. The Bertz CT molecular complexity index is 1690. The number of carbonyl (C=O) groups is 2. The number of aromatic nitrogens is 1. The van der Waals surface area contributed by atoms with Crippen LogP contribution in [0.15, 0.2) is 79.4 Å². The number of esters is 1. The summed E-state index contributed by atoms with van der Waals surface area (Å²) in [6.45, 7) is 3.69.